The zero-order chi connectivity index (χ0) is 43.7. The summed E-state index contributed by atoms with van der Waals surface area (Å²) in [6, 6.07) is 0. The van der Waals surface area contributed by atoms with Crippen molar-refractivity contribution in [3.05, 3.63) is 0 Å². The SMILES string of the molecule is CCCCCCCCCCCCCCCCCCCCCCCCC(=O)OCC(COC(=O)CCCCCCCCCCC)OC(=O)CCCCCCCCCCCCC. The number of hydrogen-bond acceptors (Lipinski definition) is 6. The van der Waals surface area contributed by atoms with Gasteiger partial charge in [0.25, 0.3) is 0 Å². The minimum Gasteiger partial charge on any atom is -0.462 e. The molecule has 60 heavy (non-hydrogen) atoms. The molecule has 1 unspecified atom stereocenters. The maximum absolute atomic E-state index is 12.7. The molecule has 0 aromatic carbocycles. The lowest BCUT2D eigenvalue weighted by molar-refractivity contribution is -0.167. The Morgan fingerprint density at radius 3 is 0.667 bits per heavy atom. The topological polar surface area (TPSA) is 78.9 Å². The van der Waals surface area contributed by atoms with Gasteiger partial charge >= 0.3 is 17.9 Å². The molecule has 0 heterocycles. The fraction of sp³-hybridized carbons (Fsp3) is 0.944. The predicted molar refractivity (Wildman–Crippen MR) is 257 cm³/mol. The zero-order valence-electron chi connectivity index (χ0n) is 40.8. The summed E-state index contributed by atoms with van der Waals surface area (Å²) in [6.45, 7) is 6.66. The van der Waals surface area contributed by atoms with Crippen molar-refractivity contribution in [1.82, 2.24) is 0 Å². The monoisotopic (exact) mass is 849 g/mol. The van der Waals surface area contributed by atoms with Crippen molar-refractivity contribution in [2.75, 3.05) is 13.2 Å². The standard InChI is InChI=1S/C54H104O6/c1-4-7-10-13-16-19-21-22-23-24-25-26-27-28-29-30-31-33-35-38-41-44-47-53(56)59-50-51(49-58-52(55)46-43-40-37-34-18-15-12-9-6-3)60-54(57)48-45-42-39-36-32-20-17-14-11-8-5-2/h51H,4-50H2,1-3H3. The minimum atomic E-state index is -0.759. The van der Waals surface area contributed by atoms with Gasteiger partial charge in [-0.3, -0.25) is 14.4 Å². The van der Waals surface area contributed by atoms with Crippen molar-refractivity contribution in [3.8, 4) is 0 Å². The molecule has 0 aliphatic rings. The van der Waals surface area contributed by atoms with E-state index in [-0.39, 0.29) is 31.1 Å². The molecule has 0 bridgehead atoms. The third kappa shape index (κ3) is 47.5. The van der Waals surface area contributed by atoms with Gasteiger partial charge in [0.15, 0.2) is 6.10 Å². The van der Waals surface area contributed by atoms with Crippen LogP contribution >= 0.6 is 0 Å². The van der Waals surface area contributed by atoms with Crippen LogP contribution in [0.4, 0.5) is 0 Å². The molecule has 0 saturated heterocycles. The highest BCUT2D eigenvalue weighted by Gasteiger charge is 2.19. The van der Waals surface area contributed by atoms with Crippen LogP contribution in [0.5, 0.6) is 0 Å². The van der Waals surface area contributed by atoms with Crippen molar-refractivity contribution in [2.24, 2.45) is 0 Å². The molecule has 6 nitrogen and oxygen atoms in total. The van der Waals surface area contributed by atoms with Crippen molar-refractivity contribution in [2.45, 2.75) is 316 Å². The van der Waals surface area contributed by atoms with E-state index < -0.39 is 6.10 Å². The van der Waals surface area contributed by atoms with Gasteiger partial charge in [-0.05, 0) is 19.3 Å². The summed E-state index contributed by atoms with van der Waals surface area (Å²) < 4.78 is 16.8. The summed E-state index contributed by atoms with van der Waals surface area (Å²) in [5.74, 6) is -0.845. The third-order valence-electron chi connectivity index (χ3n) is 12.4. The first kappa shape index (κ1) is 58.4. The van der Waals surface area contributed by atoms with Gasteiger partial charge in [0.05, 0.1) is 0 Å². The average Bonchev–Trinajstić information content (AvgIpc) is 3.24. The normalized spacial score (nSPS) is 11.8. The van der Waals surface area contributed by atoms with Crippen LogP contribution in [0.25, 0.3) is 0 Å². The first-order valence-corrected chi connectivity index (χ1v) is 27.0. The van der Waals surface area contributed by atoms with E-state index in [0.717, 1.165) is 57.8 Å². The Hall–Kier alpha value is -1.59. The summed E-state index contributed by atoms with van der Waals surface area (Å²) in [7, 11) is 0. The van der Waals surface area contributed by atoms with Gasteiger partial charge in [0, 0.05) is 19.3 Å². The van der Waals surface area contributed by atoms with E-state index in [9.17, 15) is 14.4 Å². The number of ether oxygens (including phenoxy) is 3. The molecule has 0 radical (unpaired) electrons. The van der Waals surface area contributed by atoms with Crippen LogP contribution < -0.4 is 0 Å². The Morgan fingerprint density at radius 2 is 0.450 bits per heavy atom. The molecule has 0 aromatic heterocycles. The van der Waals surface area contributed by atoms with E-state index in [1.807, 2.05) is 0 Å². The molecule has 0 saturated carbocycles. The highest BCUT2D eigenvalue weighted by molar-refractivity contribution is 5.71. The molecule has 6 heteroatoms. The van der Waals surface area contributed by atoms with E-state index in [0.29, 0.717) is 19.3 Å². The van der Waals surface area contributed by atoms with Crippen LogP contribution in [-0.4, -0.2) is 37.2 Å². The number of carbonyl (C=O) groups excluding carboxylic acids is 3. The summed E-state index contributed by atoms with van der Waals surface area (Å²) in [5.41, 5.74) is 0. The Kier molecular flexibility index (Phi) is 48.7. The quantitative estimate of drug-likeness (QED) is 0.0345. The summed E-state index contributed by atoms with van der Waals surface area (Å²) in [4.78, 5) is 37.8. The van der Waals surface area contributed by atoms with E-state index in [1.54, 1.807) is 0 Å². The van der Waals surface area contributed by atoms with E-state index >= 15 is 0 Å². The molecule has 0 rings (SSSR count). The molecule has 0 fully saturated rings. The number of rotatable bonds is 50. The molecule has 0 N–H and O–H groups in total. The van der Waals surface area contributed by atoms with Crippen LogP contribution in [0.15, 0.2) is 0 Å². The van der Waals surface area contributed by atoms with Crippen LogP contribution in [0.2, 0.25) is 0 Å². The summed E-state index contributed by atoms with van der Waals surface area (Å²) in [6.07, 6.45) is 53.9. The Balaban J connectivity index is 4.12. The lowest BCUT2D eigenvalue weighted by Gasteiger charge is -2.18. The van der Waals surface area contributed by atoms with E-state index in [1.165, 1.54) is 212 Å². The second-order valence-electron chi connectivity index (χ2n) is 18.5. The third-order valence-corrected chi connectivity index (χ3v) is 12.4. The maximum Gasteiger partial charge on any atom is 0.306 e. The first-order chi connectivity index (χ1) is 29.5. The molecular formula is C54H104O6. The summed E-state index contributed by atoms with van der Waals surface area (Å²) >= 11 is 0. The molecular weight excluding hydrogens is 745 g/mol. The van der Waals surface area contributed by atoms with Gasteiger partial charge in [-0.15, -0.1) is 0 Å². The van der Waals surface area contributed by atoms with Crippen molar-refractivity contribution >= 4 is 17.9 Å². The van der Waals surface area contributed by atoms with Gasteiger partial charge < -0.3 is 14.2 Å². The molecule has 0 amide bonds. The van der Waals surface area contributed by atoms with Crippen LogP contribution in [-0.2, 0) is 28.6 Å². The second kappa shape index (κ2) is 50.1. The number of unbranched alkanes of at least 4 members (excludes halogenated alkanes) is 39. The lowest BCUT2D eigenvalue weighted by Crippen LogP contribution is -2.30. The van der Waals surface area contributed by atoms with E-state index in [2.05, 4.69) is 20.8 Å². The van der Waals surface area contributed by atoms with Crippen molar-refractivity contribution in [1.29, 1.82) is 0 Å². The van der Waals surface area contributed by atoms with Crippen LogP contribution in [0.3, 0.4) is 0 Å². The summed E-state index contributed by atoms with van der Waals surface area (Å²) in [5, 5.41) is 0. The highest BCUT2D eigenvalue weighted by atomic mass is 16.6. The van der Waals surface area contributed by atoms with Crippen molar-refractivity contribution < 1.29 is 28.6 Å². The highest BCUT2D eigenvalue weighted by Crippen LogP contribution is 2.17. The number of carbonyl (C=O) groups is 3. The smallest absolute Gasteiger partial charge is 0.306 e. The first-order valence-electron chi connectivity index (χ1n) is 27.0. The fourth-order valence-electron chi connectivity index (χ4n) is 8.27. The van der Waals surface area contributed by atoms with Crippen molar-refractivity contribution in [3.63, 3.8) is 0 Å². The van der Waals surface area contributed by atoms with Crippen LogP contribution in [0.1, 0.15) is 310 Å². The Bertz CT molecular complexity index is 889. The van der Waals surface area contributed by atoms with Crippen LogP contribution in [0, 0.1) is 0 Å². The van der Waals surface area contributed by atoms with Gasteiger partial charge in [0.1, 0.15) is 13.2 Å². The molecule has 0 aliphatic heterocycles. The fourth-order valence-corrected chi connectivity index (χ4v) is 8.27. The predicted octanol–water partition coefficient (Wildman–Crippen LogP) is 17.6. The van der Waals surface area contributed by atoms with Gasteiger partial charge in [-0.25, -0.2) is 0 Å². The Labute approximate surface area is 374 Å². The van der Waals surface area contributed by atoms with E-state index in [4.69, 9.17) is 14.2 Å². The average molecular weight is 849 g/mol. The Morgan fingerprint density at radius 1 is 0.267 bits per heavy atom. The van der Waals surface area contributed by atoms with Gasteiger partial charge in [-0.2, -0.15) is 0 Å². The molecule has 356 valence electrons. The largest absolute Gasteiger partial charge is 0.462 e. The number of esters is 3. The maximum atomic E-state index is 12.7. The zero-order valence-corrected chi connectivity index (χ0v) is 40.8. The van der Waals surface area contributed by atoms with Gasteiger partial charge in [-0.1, -0.05) is 271 Å². The molecule has 0 aromatic rings. The second-order valence-corrected chi connectivity index (χ2v) is 18.5. The number of hydrogen-bond donors (Lipinski definition) is 0. The lowest BCUT2D eigenvalue weighted by atomic mass is 10.0. The molecule has 0 spiro atoms. The van der Waals surface area contributed by atoms with Gasteiger partial charge in [0.2, 0.25) is 0 Å². The minimum absolute atomic E-state index is 0.0621. The molecule has 1 atom stereocenters. The molecule has 0 aliphatic carbocycles.